The lowest BCUT2D eigenvalue weighted by Gasteiger charge is -2.22. The maximum Gasteiger partial charge on any atom is 0.238 e. The molecule has 0 aliphatic heterocycles. The Morgan fingerprint density at radius 2 is 1.27 bits per heavy atom. The van der Waals surface area contributed by atoms with Crippen molar-refractivity contribution in [1.29, 1.82) is 0 Å². The van der Waals surface area contributed by atoms with Gasteiger partial charge in [-0.2, -0.15) is 0 Å². The van der Waals surface area contributed by atoms with Crippen LogP contribution in [-0.4, -0.2) is 17.4 Å². The fourth-order valence-corrected chi connectivity index (χ4v) is 2.91. The van der Waals surface area contributed by atoms with Gasteiger partial charge in [-0.3, -0.25) is 9.69 Å². The van der Waals surface area contributed by atoms with Gasteiger partial charge in [0.15, 0.2) is 0 Å². The summed E-state index contributed by atoms with van der Waals surface area (Å²) in [6, 6.07) is 27.5. The lowest BCUT2D eigenvalue weighted by molar-refractivity contribution is -0.117. The molecule has 0 bridgehead atoms. The first-order valence-electron chi connectivity index (χ1n) is 8.55. The zero-order valence-electron chi connectivity index (χ0n) is 14.4. The Morgan fingerprint density at radius 3 is 1.77 bits per heavy atom. The minimum atomic E-state index is -0.0424. The Kier molecular flexibility index (Phi) is 6.42. The molecule has 0 radical (unpaired) electrons. The largest absolute Gasteiger partial charge is 0.325 e. The molecule has 1 amide bonds. The molecule has 4 heteroatoms. The van der Waals surface area contributed by atoms with Gasteiger partial charge in [0.1, 0.15) is 0 Å². The molecule has 0 aliphatic carbocycles. The molecule has 0 spiro atoms. The third-order valence-corrected chi connectivity index (χ3v) is 4.25. The quantitative estimate of drug-likeness (QED) is 0.641. The highest BCUT2D eigenvalue weighted by atomic mass is 35.5. The van der Waals surface area contributed by atoms with Crippen LogP contribution in [0.4, 0.5) is 5.69 Å². The molecule has 0 aromatic heterocycles. The zero-order valence-corrected chi connectivity index (χ0v) is 15.2. The molecule has 0 saturated carbocycles. The number of rotatable bonds is 7. The van der Waals surface area contributed by atoms with Crippen molar-refractivity contribution in [3.05, 3.63) is 101 Å². The Morgan fingerprint density at radius 1 is 0.769 bits per heavy atom. The molecule has 1 N–H and O–H groups in total. The van der Waals surface area contributed by atoms with Crippen LogP contribution in [-0.2, 0) is 17.9 Å². The van der Waals surface area contributed by atoms with E-state index < -0.39 is 0 Å². The first-order chi connectivity index (χ1) is 12.7. The minimum absolute atomic E-state index is 0.0424. The first kappa shape index (κ1) is 18.2. The van der Waals surface area contributed by atoms with E-state index >= 15 is 0 Å². The van der Waals surface area contributed by atoms with Crippen LogP contribution >= 0.6 is 11.6 Å². The van der Waals surface area contributed by atoms with Crippen molar-refractivity contribution in [2.75, 3.05) is 11.9 Å². The predicted molar refractivity (Wildman–Crippen MR) is 107 cm³/mol. The first-order valence-corrected chi connectivity index (χ1v) is 8.92. The van der Waals surface area contributed by atoms with Crippen LogP contribution < -0.4 is 5.32 Å². The standard InChI is InChI=1S/C22H21ClN2O/c23-20-11-13-21(14-12-20)24-22(26)17-25(15-18-7-3-1-4-8-18)16-19-9-5-2-6-10-19/h1-14H,15-17H2,(H,24,26). The van der Waals surface area contributed by atoms with Gasteiger partial charge >= 0.3 is 0 Å². The third-order valence-electron chi connectivity index (χ3n) is 3.99. The number of hydrogen-bond acceptors (Lipinski definition) is 2. The van der Waals surface area contributed by atoms with Gasteiger partial charge in [-0.1, -0.05) is 72.3 Å². The van der Waals surface area contributed by atoms with Gasteiger partial charge in [0, 0.05) is 23.8 Å². The number of carbonyl (C=O) groups is 1. The molecule has 0 fully saturated rings. The summed E-state index contributed by atoms with van der Waals surface area (Å²) in [5.74, 6) is -0.0424. The van der Waals surface area contributed by atoms with Crippen LogP contribution in [0, 0.1) is 0 Å². The summed E-state index contributed by atoms with van der Waals surface area (Å²) in [7, 11) is 0. The second-order valence-corrected chi connectivity index (χ2v) is 6.61. The number of hydrogen-bond donors (Lipinski definition) is 1. The molecular weight excluding hydrogens is 344 g/mol. The molecule has 0 unspecified atom stereocenters. The monoisotopic (exact) mass is 364 g/mol. The van der Waals surface area contributed by atoms with E-state index in [0.717, 1.165) is 5.69 Å². The average Bonchev–Trinajstić information content (AvgIpc) is 2.65. The molecule has 0 heterocycles. The summed E-state index contributed by atoms with van der Waals surface area (Å²) in [6.07, 6.45) is 0. The summed E-state index contributed by atoms with van der Waals surface area (Å²) in [5, 5.41) is 3.58. The van der Waals surface area contributed by atoms with E-state index in [4.69, 9.17) is 11.6 Å². The summed E-state index contributed by atoms with van der Waals surface area (Å²) < 4.78 is 0. The topological polar surface area (TPSA) is 32.3 Å². The maximum absolute atomic E-state index is 12.5. The van der Waals surface area contributed by atoms with Crippen LogP contribution in [0.2, 0.25) is 5.02 Å². The van der Waals surface area contributed by atoms with Crippen LogP contribution in [0.1, 0.15) is 11.1 Å². The van der Waals surface area contributed by atoms with Crippen molar-refractivity contribution >= 4 is 23.2 Å². The summed E-state index contributed by atoms with van der Waals surface area (Å²) >= 11 is 5.89. The third kappa shape index (κ3) is 5.73. The van der Waals surface area contributed by atoms with Crippen LogP contribution in [0.25, 0.3) is 0 Å². The molecule has 0 aliphatic rings. The number of benzene rings is 3. The Bertz CT molecular complexity index is 778. The highest BCUT2D eigenvalue weighted by molar-refractivity contribution is 6.30. The van der Waals surface area contributed by atoms with E-state index in [1.807, 2.05) is 36.4 Å². The lowest BCUT2D eigenvalue weighted by atomic mass is 10.1. The number of amides is 1. The molecule has 3 aromatic carbocycles. The highest BCUT2D eigenvalue weighted by Gasteiger charge is 2.12. The molecule has 3 aromatic rings. The molecule has 132 valence electrons. The minimum Gasteiger partial charge on any atom is -0.325 e. The van der Waals surface area contributed by atoms with Crippen LogP contribution in [0.15, 0.2) is 84.9 Å². The average molecular weight is 365 g/mol. The summed E-state index contributed by atoms with van der Waals surface area (Å²) in [5.41, 5.74) is 3.12. The fourth-order valence-electron chi connectivity index (χ4n) is 2.79. The van der Waals surface area contributed by atoms with E-state index in [1.165, 1.54) is 11.1 Å². The van der Waals surface area contributed by atoms with Gasteiger partial charge in [0.2, 0.25) is 5.91 Å². The molecule has 0 saturated heterocycles. The smallest absolute Gasteiger partial charge is 0.238 e. The van der Waals surface area contributed by atoms with E-state index in [0.29, 0.717) is 24.7 Å². The predicted octanol–water partition coefficient (Wildman–Crippen LogP) is 4.98. The molecule has 3 nitrogen and oxygen atoms in total. The fraction of sp³-hybridized carbons (Fsp3) is 0.136. The maximum atomic E-state index is 12.5. The molecular formula is C22H21ClN2O. The van der Waals surface area contributed by atoms with Gasteiger partial charge in [0.05, 0.1) is 6.54 Å². The second kappa shape index (κ2) is 9.18. The SMILES string of the molecule is O=C(CN(Cc1ccccc1)Cc1ccccc1)Nc1ccc(Cl)cc1. The molecule has 26 heavy (non-hydrogen) atoms. The van der Waals surface area contributed by atoms with Crippen molar-refractivity contribution in [1.82, 2.24) is 4.90 Å². The van der Waals surface area contributed by atoms with Gasteiger partial charge in [-0.15, -0.1) is 0 Å². The summed E-state index contributed by atoms with van der Waals surface area (Å²) in [6.45, 7) is 1.74. The number of nitrogens with one attached hydrogen (secondary N) is 1. The van der Waals surface area contributed by atoms with Crippen molar-refractivity contribution in [3.63, 3.8) is 0 Å². The van der Waals surface area contributed by atoms with Crippen LogP contribution in [0.5, 0.6) is 0 Å². The Labute approximate surface area is 159 Å². The normalized spacial score (nSPS) is 10.7. The number of carbonyl (C=O) groups excluding carboxylic acids is 1. The number of nitrogens with zero attached hydrogens (tertiary/aromatic N) is 1. The molecule has 3 rings (SSSR count). The van der Waals surface area contributed by atoms with Crippen molar-refractivity contribution in [3.8, 4) is 0 Å². The van der Waals surface area contributed by atoms with E-state index in [-0.39, 0.29) is 5.91 Å². The Hall–Kier alpha value is -2.62. The highest BCUT2D eigenvalue weighted by Crippen LogP contribution is 2.14. The zero-order chi connectivity index (χ0) is 18.2. The van der Waals surface area contributed by atoms with Gasteiger partial charge in [-0.05, 0) is 35.4 Å². The van der Waals surface area contributed by atoms with E-state index in [9.17, 15) is 4.79 Å². The van der Waals surface area contributed by atoms with Gasteiger partial charge in [0.25, 0.3) is 0 Å². The number of halogens is 1. The molecule has 0 atom stereocenters. The Balaban J connectivity index is 1.67. The van der Waals surface area contributed by atoms with E-state index in [1.54, 1.807) is 24.3 Å². The van der Waals surface area contributed by atoms with Crippen molar-refractivity contribution in [2.24, 2.45) is 0 Å². The van der Waals surface area contributed by atoms with Gasteiger partial charge in [-0.25, -0.2) is 0 Å². The van der Waals surface area contributed by atoms with Gasteiger partial charge < -0.3 is 5.32 Å². The number of anilines is 1. The van der Waals surface area contributed by atoms with Crippen molar-refractivity contribution < 1.29 is 4.79 Å². The van der Waals surface area contributed by atoms with E-state index in [2.05, 4.69) is 34.5 Å². The summed E-state index contributed by atoms with van der Waals surface area (Å²) in [4.78, 5) is 14.6. The lowest BCUT2D eigenvalue weighted by Crippen LogP contribution is -2.32. The second-order valence-electron chi connectivity index (χ2n) is 6.17. The van der Waals surface area contributed by atoms with Crippen molar-refractivity contribution in [2.45, 2.75) is 13.1 Å². The van der Waals surface area contributed by atoms with Crippen LogP contribution in [0.3, 0.4) is 0 Å².